The number of carbonyl (C=O) groups is 2. The number of hydrogen-bond acceptors (Lipinski definition) is 5. The highest BCUT2D eigenvalue weighted by Crippen LogP contribution is 2.28. The van der Waals surface area contributed by atoms with E-state index in [2.05, 4.69) is 10.6 Å². The molecule has 0 saturated carbocycles. The van der Waals surface area contributed by atoms with Crippen LogP contribution in [0, 0.1) is 0 Å². The molecule has 1 aromatic rings. The molecule has 1 aromatic carbocycles. The van der Waals surface area contributed by atoms with Crippen LogP contribution in [0.3, 0.4) is 0 Å². The lowest BCUT2D eigenvalue weighted by molar-refractivity contribution is -0.115. The maximum Gasteiger partial charge on any atom is 0.321 e. The van der Waals surface area contributed by atoms with Crippen LogP contribution in [-0.2, 0) is 14.6 Å². The van der Waals surface area contributed by atoms with Gasteiger partial charge in [0.25, 0.3) is 0 Å². The standard InChI is InChI=1S/C15H21N3O5S/c1-3-14(19)17-12-10-11(4-5-13(12)23-2)16-15(20)18-6-8-24(21,22)9-7-18/h4-5,10H,3,6-9H2,1-2H3,(H,16,20)(H,17,19). The van der Waals surface area contributed by atoms with Crippen molar-refractivity contribution < 1.29 is 22.7 Å². The largest absolute Gasteiger partial charge is 0.495 e. The van der Waals surface area contributed by atoms with Crippen molar-refractivity contribution >= 4 is 33.2 Å². The number of nitrogens with one attached hydrogen (secondary N) is 2. The number of benzene rings is 1. The predicted octanol–water partition coefficient (Wildman–Crippen LogP) is 1.31. The number of amides is 3. The van der Waals surface area contributed by atoms with Crippen LogP contribution in [-0.4, -0.2) is 57.0 Å². The highest BCUT2D eigenvalue weighted by atomic mass is 32.2. The first-order chi connectivity index (χ1) is 11.3. The van der Waals surface area contributed by atoms with E-state index < -0.39 is 9.84 Å². The number of urea groups is 1. The number of nitrogens with zero attached hydrogens (tertiary/aromatic N) is 1. The highest BCUT2D eigenvalue weighted by Gasteiger charge is 2.25. The summed E-state index contributed by atoms with van der Waals surface area (Å²) in [7, 11) is -1.55. The van der Waals surface area contributed by atoms with Gasteiger partial charge in [-0.15, -0.1) is 0 Å². The first-order valence-corrected chi connectivity index (χ1v) is 9.41. The second-order valence-corrected chi connectivity index (χ2v) is 7.69. The summed E-state index contributed by atoms with van der Waals surface area (Å²) in [5, 5.41) is 5.41. The molecule has 2 rings (SSSR count). The van der Waals surface area contributed by atoms with Gasteiger partial charge in [0.2, 0.25) is 5.91 Å². The minimum Gasteiger partial charge on any atom is -0.495 e. The molecule has 8 nitrogen and oxygen atoms in total. The number of rotatable bonds is 4. The Balaban J connectivity index is 2.07. The first-order valence-electron chi connectivity index (χ1n) is 7.59. The molecule has 0 atom stereocenters. The van der Waals surface area contributed by atoms with E-state index in [1.54, 1.807) is 25.1 Å². The molecule has 1 aliphatic rings. The van der Waals surface area contributed by atoms with E-state index in [1.807, 2.05) is 0 Å². The number of hydrogen-bond donors (Lipinski definition) is 2. The Hall–Kier alpha value is -2.29. The third kappa shape index (κ3) is 4.60. The molecular weight excluding hydrogens is 334 g/mol. The minimum absolute atomic E-state index is 0.0269. The van der Waals surface area contributed by atoms with Crippen LogP contribution >= 0.6 is 0 Å². The summed E-state index contributed by atoms with van der Waals surface area (Å²) in [4.78, 5) is 25.3. The predicted molar refractivity (Wildman–Crippen MR) is 91.2 cm³/mol. The van der Waals surface area contributed by atoms with Crippen molar-refractivity contribution in [3.8, 4) is 5.75 Å². The van der Waals surface area contributed by atoms with Crippen LogP contribution in [0.1, 0.15) is 13.3 Å². The van der Waals surface area contributed by atoms with Gasteiger partial charge in [0, 0.05) is 25.2 Å². The molecule has 2 N–H and O–H groups in total. The van der Waals surface area contributed by atoms with Gasteiger partial charge in [-0.05, 0) is 18.2 Å². The summed E-state index contributed by atoms with van der Waals surface area (Å²) >= 11 is 0. The van der Waals surface area contributed by atoms with E-state index in [-0.39, 0.29) is 36.5 Å². The number of sulfone groups is 1. The van der Waals surface area contributed by atoms with Gasteiger partial charge in [-0.3, -0.25) is 4.79 Å². The van der Waals surface area contributed by atoms with Crippen LogP contribution in [0.4, 0.5) is 16.2 Å². The second kappa shape index (κ2) is 7.52. The zero-order valence-corrected chi connectivity index (χ0v) is 14.5. The van der Waals surface area contributed by atoms with Crippen molar-refractivity contribution in [3.63, 3.8) is 0 Å². The van der Waals surface area contributed by atoms with Crippen LogP contribution in [0.25, 0.3) is 0 Å². The van der Waals surface area contributed by atoms with E-state index >= 15 is 0 Å². The molecule has 24 heavy (non-hydrogen) atoms. The molecule has 1 heterocycles. The average Bonchev–Trinajstić information content (AvgIpc) is 2.54. The molecule has 0 bridgehead atoms. The fourth-order valence-electron chi connectivity index (χ4n) is 2.24. The Bertz CT molecular complexity index is 719. The third-order valence-electron chi connectivity index (χ3n) is 3.68. The summed E-state index contributed by atoms with van der Waals surface area (Å²) in [5.74, 6) is 0.263. The molecule has 3 amide bonds. The monoisotopic (exact) mass is 355 g/mol. The van der Waals surface area contributed by atoms with Crippen LogP contribution < -0.4 is 15.4 Å². The van der Waals surface area contributed by atoms with E-state index in [9.17, 15) is 18.0 Å². The van der Waals surface area contributed by atoms with Crippen molar-refractivity contribution in [2.24, 2.45) is 0 Å². The lowest BCUT2D eigenvalue weighted by atomic mass is 10.2. The van der Waals surface area contributed by atoms with Crippen molar-refractivity contribution in [2.75, 3.05) is 42.3 Å². The smallest absolute Gasteiger partial charge is 0.321 e. The van der Waals surface area contributed by atoms with Crippen LogP contribution in [0.5, 0.6) is 5.75 Å². The molecule has 1 aliphatic heterocycles. The second-order valence-electron chi connectivity index (χ2n) is 5.39. The maximum atomic E-state index is 12.2. The summed E-state index contributed by atoms with van der Waals surface area (Å²) in [6.45, 7) is 2.07. The topological polar surface area (TPSA) is 105 Å². The van der Waals surface area contributed by atoms with E-state index in [0.717, 1.165) is 0 Å². The summed E-state index contributed by atoms with van der Waals surface area (Å²) in [6, 6.07) is 4.52. The Labute approximate surface area is 141 Å². The SMILES string of the molecule is CCC(=O)Nc1cc(NC(=O)N2CCS(=O)(=O)CC2)ccc1OC. The number of carbonyl (C=O) groups excluding carboxylic acids is 2. The van der Waals surface area contributed by atoms with E-state index in [0.29, 0.717) is 23.5 Å². The molecule has 0 spiro atoms. The lowest BCUT2D eigenvalue weighted by Crippen LogP contribution is -2.45. The number of anilines is 2. The molecule has 0 radical (unpaired) electrons. The maximum absolute atomic E-state index is 12.2. The van der Waals surface area contributed by atoms with Gasteiger partial charge in [-0.25, -0.2) is 13.2 Å². The Kier molecular flexibility index (Phi) is 5.66. The Morgan fingerprint density at radius 1 is 1.21 bits per heavy atom. The van der Waals surface area contributed by atoms with Crippen LogP contribution in [0.2, 0.25) is 0 Å². The molecule has 0 aromatic heterocycles. The van der Waals surface area contributed by atoms with Crippen molar-refractivity contribution in [2.45, 2.75) is 13.3 Å². The Morgan fingerprint density at radius 2 is 1.88 bits per heavy atom. The Morgan fingerprint density at radius 3 is 2.46 bits per heavy atom. The number of ether oxygens (including phenoxy) is 1. The van der Waals surface area contributed by atoms with E-state index in [1.165, 1.54) is 12.0 Å². The normalized spacial score (nSPS) is 16.3. The molecule has 0 aliphatic carbocycles. The van der Waals surface area contributed by atoms with Gasteiger partial charge < -0.3 is 20.3 Å². The molecule has 1 saturated heterocycles. The van der Waals surface area contributed by atoms with Crippen molar-refractivity contribution in [1.82, 2.24) is 4.90 Å². The third-order valence-corrected chi connectivity index (χ3v) is 5.29. The minimum atomic E-state index is -3.04. The molecule has 0 unspecified atom stereocenters. The fraction of sp³-hybridized carbons (Fsp3) is 0.467. The van der Waals surface area contributed by atoms with Crippen molar-refractivity contribution in [1.29, 1.82) is 0 Å². The molecule has 9 heteroatoms. The van der Waals surface area contributed by atoms with Gasteiger partial charge in [0.15, 0.2) is 9.84 Å². The fourth-order valence-corrected chi connectivity index (χ4v) is 3.44. The summed E-state index contributed by atoms with van der Waals surface area (Å²) < 4.78 is 28.0. The van der Waals surface area contributed by atoms with Gasteiger partial charge >= 0.3 is 6.03 Å². The molecular formula is C15H21N3O5S. The molecule has 1 fully saturated rings. The summed E-state index contributed by atoms with van der Waals surface area (Å²) in [5.41, 5.74) is 0.948. The van der Waals surface area contributed by atoms with Gasteiger partial charge in [0.05, 0.1) is 24.3 Å². The average molecular weight is 355 g/mol. The zero-order chi connectivity index (χ0) is 17.7. The summed E-state index contributed by atoms with van der Waals surface area (Å²) in [6.07, 6.45) is 0.321. The van der Waals surface area contributed by atoms with E-state index in [4.69, 9.17) is 4.74 Å². The van der Waals surface area contributed by atoms with Gasteiger partial charge in [-0.2, -0.15) is 0 Å². The van der Waals surface area contributed by atoms with Gasteiger partial charge in [0.1, 0.15) is 5.75 Å². The number of methoxy groups -OCH3 is 1. The van der Waals surface area contributed by atoms with Crippen LogP contribution in [0.15, 0.2) is 18.2 Å². The first kappa shape index (κ1) is 18.1. The highest BCUT2D eigenvalue weighted by molar-refractivity contribution is 7.91. The quantitative estimate of drug-likeness (QED) is 0.847. The lowest BCUT2D eigenvalue weighted by Gasteiger charge is -2.27. The van der Waals surface area contributed by atoms with Gasteiger partial charge in [-0.1, -0.05) is 6.92 Å². The zero-order valence-electron chi connectivity index (χ0n) is 13.7. The molecule has 132 valence electrons. The van der Waals surface area contributed by atoms with Crippen molar-refractivity contribution in [3.05, 3.63) is 18.2 Å².